The number of aromatic nitrogens is 2. The van der Waals surface area contributed by atoms with Crippen LogP contribution in [0.3, 0.4) is 0 Å². The van der Waals surface area contributed by atoms with Gasteiger partial charge in [0.05, 0.1) is 11.6 Å². The standard InChI is InChI=1S/C27H34N6O2/c1-18-13-14-21-20(17-18)25(33-26(31-21)27(34)29-15-8-16-35-2)32-23-12-7-6-11-22(23)30-24(28)19-9-4-3-5-10-19/h3-5,9-10,13-14,17,22-23H,6-8,11-12,15-16H2,1-2H3,(H2,28,30)(H,29,34)(H,31,32,33)/t22-,23+/m1/s1. The Morgan fingerprint density at radius 3 is 2.74 bits per heavy atom. The quantitative estimate of drug-likeness (QED) is 0.247. The number of nitrogens with zero attached hydrogens (tertiary/aromatic N) is 3. The number of hydrogen-bond acceptors (Lipinski definition) is 6. The van der Waals surface area contributed by atoms with Crippen LogP contribution in [-0.2, 0) is 4.74 Å². The van der Waals surface area contributed by atoms with E-state index in [1.54, 1.807) is 7.11 Å². The zero-order valence-corrected chi connectivity index (χ0v) is 20.5. The lowest BCUT2D eigenvalue weighted by Crippen LogP contribution is -2.37. The number of hydrogen-bond donors (Lipinski definition) is 3. The summed E-state index contributed by atoms with van der Waals surface area (Å²) in [5.74, 6) is 1.06. The van der Waals surface area contributed by atoms with Gasteiger partial charge in [0.2, 0.25) is 5.82 Å². The van der Waals surface area contributed by atoms with Crippen LogP contribution in [-0.4, -0.2) is 54.1 Å². The highest BCUT2D eigenvalue weighted by molar-refractivity contribution is 5.98. The van der Waals surface area contributed by atoms with Crippen LogP contribution in [0, 0.1) is 6.92 Å². The molecule has 2 atom stereocenters. The lowest BCUT2D eigenvalue weighted by molar-refractivity contribution is 0.0938. The number of benzene rings is 2. The molecule has 4 N–H and O–H groups in total. The van der Waals surface area contributed by atoms with Gasteiger partial charge in [-0.1, -0.05) is 54.8 Å². The van der Waals surface area contributed by atoms with Gasteiger partial charge in [0.25, 0.3) is 5.91 Å². The Morgan fingerprint density at radius 1 is 1.14 bits per heavy atom. The molecule has 8 heteroatoms. The number of aliphatic imine (C=N–C) groups is 1. The van der Waals surface area contributed by atoms with Crippen LogP contribution >= 0.6 is 0 Å². The van der Waals surface area contributed by atoms with E-state index >= 15 is 0 Å². The number of carbonyl (C=O) groups excluding carboxylic acids is 1. The number of aryl methyl sites for hydroxylation is 1. The average molecular weight is 475 g/mol. The molecule has 35 heavy (non-hydrogen) atoms. The van der Waals surface area contributed by atoms with Crippen LogP contribution in [0.2, 0.25) is 0 Å². The summed E-state index contributed by atoms with van der Waals surface area (Å²) in [6.45, 7) is 3.12. The molecule has 0 unspecified atom stereocenters. The molecule has 4 rings (SSSR count). The van der Waals surface area contributed by atoms with E-state index in [2.05, 4.69) is 26.7 Å². The number of carbonyl (C=O) groups is 1. The monoisotopic (exact) mass is 474 g/mol. The van der Waals surface area contributed by atoms with Crippen LogP contribution in [0.1, 0.15) is 53.8 Å². The molecule has 8 nitrogen and oxygen atoms in total. The highest BCUT2D eigenvalue weighted by Crippen LogP contribution is 2.28. The fourth-order valence-electron chi connectivity index (χ4n) is 4.42. The normalized spacial score (nSPS) is 18.4. The van der Waals surface area contributed by atoms with Gasteiger partial charge in [-0.05, 0) is 38.3 Å². The second-order valence-corrected chi connectivity index (χ2v) is 9.00. The number of rotatable bonds is 9. The van der Waals surface area contributed by atoms with Crippen LogP contribution in [0.5, 0.6) is 0 Å². The molecule has 1 amide bonds. The number of fused-ring (bicyclic) bond motifs is 1. The summed E-state index contributed by atoms with van der Waals surface area (Å²) in [6.07, 6.45) is 4.83. The molecule has 1 heterocycles. The summed E-state index contributed by atoms with van der Waals surface area (Å²) in [5.41, 5.74) is 9.12. The van der Waals surface area contributed by atoms with Crippen molar-refractivity contribution in [3.8, 4) is 0 Å². The third-order valence-corrected chi connectivity index (χ3v) is 6.29. The highest BCUT2D eigenvalue weighted by Gasteiger charge is 2.27. The molecule has 0 spiro atoms. The molecule has 1 aliphatic carbocycles. The van der Waals surface area contributed by atoms with Crippen LogP contribution in [0.15, 0.2) is 53.5 Å². The van der Waals surface area contributed by atoms with Crippen molar-refractivity contribution in [3.63, 3.8) is 0 Å². The number of amidine groups is 1. The van der Waals surface area contributed by atoms with Crippen molar-refractivity contribution < 1.29 is 9.53 Å². The minimum absolute atomic E-state index is 0.0186. The second-order valence-electron chi connectivity index (χ2n) is 9.00. The van der Waals surface area contributed by atoms with E-state index in [1.165, 1.54) is 0 Å². The molecule has 0 saturated heterocycles. The van der Waals surface area contributed by atoms with Gasteiger partial charge in [0, 0.05) is 37.3 Å². The van der Waals surface area contributed by atoms with Crippen molar-refractivity contribution in [1.29, 1.82) is 0 Å². The van der Waals surface area contributed by atoms with Crippen LogP contribution in [0.4, 0.5) is 5.82 Å². The first kappa shape index (κ1) is 24.6. The van der Waals surface area contributed by atoms with E-state index in [0.717, 1.165) is 54.1 Å². The maximum absolute atomic E-state index is 12.8. The molecule has 1 fully saturated rings. The molecule has 0 bridgehead atoms. The molecular weight excluding hydrogens is 440 g/mol. The Kier molecular flexibility index (Phi) is 8.26. The van der Waals surface area contributed by atoms with Gasteiger partial charge >= 0.3 is 0 Å². The lowest BCUT2D eigenvalue weighted by Gasteiger charge is -2.30. The third-order valence-electron chi connectivity index (χ3n) is 6.29. The summed E-state index contributed by atoms with van der Waals surface area (Å²) in [5, 5.41) is 7.39. The third kappa shape index (κ3) is 6.33. The summed E-state index contributed by atoms with van der Waals surface area (Å²) < 4.78 is 5.06. The average Bonchev–Trinajstić information content (AvgIpc) is 2.88. The Bertz CT molecular complexity index is 1180. The van der Waals surface area contributed by atoms with Crippen molar-refractivity contribution in [2.75, 3.05) is 25.6 Å². The predicted molar refractivity (Wildman–Crippen MR) is 140 cm³/mol. The zero-order valence-electron chi connectivity index (χ0n) is 20.5. The van der Waals surface area contributed by atoms with Crippen molar-refractivity contribution in [2.45, 2.75) is 51.1 Å². The van der Waals surface area contributed by atoms with E-state index in [-0.39, 0.29) is 23.8 Å². The first-order valence-electron chi connectivity index (χ1n) is 12.3. The van der Waals surface area contributed by atoms with Crippen molar-refractivity contribution in [2.24, 2.45) is 10.7 Å². The maximum atomic E-state index is 12.8. The molecule has 1 aliphatic rings. The van der Waals surface area contributed by atoms with Gasteiger partial charge in [0.15, 0.2) is 0 Å². The van der Waals surface area contributed by atoms with Gasteiger partial charge < -0.3 is 21.1 Å². The summed E-state index contributed by atoms with van der Waals surface area (Å²) >= 11 is 0. The fraction of sp³-hybridized carbons (Fsp3) is 0.407. The smallest absolute Gasteiger partial charge is 0.289 e. The predicted octanol–water partition coefficient (Wildman–Crippen LogP) is 3.83. The molecule has 2 aromatic carbocycles. The topological polar surface area (TPSA) is 115 Å². The Hall–Kier alpha value is -3.52. The van der Waals surface area contributed by atoms with E-state index < -0.39 is 0 Å². The van der Waals surface area contributed by atoms with E-state index in [1.807, 2.05) is 49.4 Å². The first-order valence-corrected chi connectivity index (χ1v) is 12.3. The van der Waals surface area contributed by atoms with Crippen molar-refractivity contribution in [1.82, 2.24) is 15.3 Å². The molecule has 0 aliphatic heterocycles. The molecule has 1 aromatic heterocycles. The minimum Gasteiger partial charge on any atom is -0.385 e. The Morgan fingerprint density at radius 2 is 1.94 bits per heavy atom. The van der Waals surface area contributed by atoms with E-state index in [4.69, 9.17) is 15.5 Å². The molecule has 3 aromatic rings. The zero-order chi connectivity index (χ0) is 24.6. The molecular formula is C27H34N6O2. The first-order chi connectivity index (χ1) is 17.0. The second kappa shape index (κ2) is 11.8. The lowest BCUT2D eigenvalue weighted by atomic mass is 9.90. The van der Waals surface area contributed by atoms with Crippen molar-refractivity contribution >= 4 is 28.5 Å². The molecule has 184 valence electrons. The minimum atomic E-state index is -0.293. The summed E-state index contributed by atoms with van der Waals surface area (Å²) in [6, 6.07) is 15.9. The van der Waals surface area contributed by atoms with E-state index in [0.29, 0.717) is 24.8 Å². The highest BCUT2D eigenvalue weighted by atomic mass is 16.5. The number of nitrogens with two attached hydrogens (primary N) is 1. The number of anilines is 1. The van der Waals surface area contributed by atoms with E-state index in [9.17, 15) is 4.79 Å². The maximum Gasteiger partial charge on any atom is 0.289 e. The fourth-order valence-corrected chi connectivity index (χ4v) is 4.42. The Balaban J connectivity index is 1.61. The van der Waals surface area contributed by atoms with Gasteiger partial charge in [-0.2, -0.15) is 0 Å². The van der Waals surface area contributed by atoms with Crippen LogP contribution in [0.25, 0.3) is 10.9 Å². The van der Waals surface area contributed by atoms with Gasteiger partial charge in [-0.3, -0.25) is 9.79 Å². The number of nitrogens with one attached hydrogen (secondary N) is 2. The number of methoxy groups -OCH3 is 1. The summed E-state index contributed by atoms with van der Waals surface area (Å²) in [4.78, 5) is 26.9. The number of ether oxygens (including phenoxy) is 1. The van der Waals surface area contributed by atoms with Gasteiger partial charge in [0.1, 0.15) is 11.7 Å². The molecule has 1 saturated carbocycles. The van der Waals surface area contributed by atoms with Gasteiger partial charge in [-0.15, -0.1) is 0 Å². The number of amides is 1. The van der Waals surface area contributed by atoms with Crippen molar-refractivity contribution in [3.05, 3.63) is 65.5 Å². The SMILES string of the molecule is COCCCNC(=O)c1nc(N[C@H]2CCCC[C@H]2N=C(N)c2ccccc2)c2cc(C)ccc2n1. The molecule has 0 radical (unpaired) electrons. The van der Waals surface area contributed by atoms with Crippen LogP contribution < -0.4 is 16.4 Å². The summed E-state index contributed by atoms with van der Waals surface area (Å²) in [7, 11) is 1.64. The van der Waals surface area contributed by atoms with Gasteiger partial charge in [-0.25, -0.2) is 9.97 Å². The largest absolute Gasteiger partial charge is 0.385 e. The Labute approximate surface area is 206 Å².